The van der Waals surface area contributed by atoms with Crippen molar-refractivity contribution >= 4 is 6.72 Å². The molecule has 0 rings (SSSR count). The Morgan fingerprint density at radius 2 is 2.00 bits per heavy atom. The van der Waals surface area contributed by atoms with Crippen molar-refractivity contribution in [2.75, 3.05) is 0 Å². The van der Waals surface area contributed by atoms with Crippen LogP contribution in [0.5, 0.6) is 0 Å². The Kier molecular flexibility index (Phi) is 2.02. The van der Waals surface area contributed by atoms with Crippen molar-refractivity contribution in [3.63, 3.8) is 0 Å². The average Bonchev–Trinajstić information content (AvgIpc) is 1.67. The molecular weight excluding hydrogens is 102 g/mol. The van der Waals surface area contributed by atoms with Crippen molar-refractivity contribution < 1.29 is 9.95 Å². The van der Waals surface area contributed by atoms with Gasteiger partial charge in [0.15, 0.2) is 6.72 Å². The van der Waals surface area contributed by atoms with Gasteiger partial charge in [0.1, 0.15) is 0 Å². The lowest BCUT2D eigenvalue weighted by Crippen LogP contribution is -2.31. The molecule has 0 saturated carbocycles. The largest absolute Gasteiger partial charge is 0.291 e. The lowest BCUT2D eigenvalue weighted by molar-refractivity contribution is -0.817. The Morgan fingerprint density at radius 1 is 1.62 bits per heavy atom. The molecule has 0 atom stereocenters. The highest BCUT2D eigenvalue weighted by molar-refractivity contribution is 5.14. The third kappa shape index (κ3) is 1.52. The van der Waals surface area contributed by atoms with Crippen molar-refractivity contribution in [3.05, 3.63) is 0 Å². The van der Waals surface area contributed by atoms with Gasteiger partial charge in [-0.25, -0.2) is 0 Å². The van der Waals surface area contributed by atoms with E-state index in [2.05, 4.69) is 6.72 Å². The van der Waals surface area contributed by atoms with E-state index in [-0.39, 0.29) is 5.54 Å². The molecule has 0 aromatic carbocycles. The Bertz CT molecular complexity index is 96.7. The zero-order valence-electron chi connectivity index (χ0n) is 5.81. The summed E-state index contributed by atoms with van der Waals surface area (Å²) in [5.74, 6) is 0. The van der Waals surface area contributed by atoms with Crippen LogP contribution in [0.15, 0.2) is 0 Å². The van der Waals surface area contributed by atoms with E-state index in [1.807, 2.05) is 20.8 Å². The van der Waals surface area contributed by atoms with Gasteiger partial charge in [0.05, 0.1) is 0 Å². The summed E-state index contributed by atoms with van der Waals surface area (Å²) in [6.07, 6.45) is 0.896. The van der Waals surface area contributed by atoms with Crippen molar-refractivity contribution in [3.8, 4) is 0 Å². The third-order valence-electron chi connectivity index (χ3n) is 1.56. The summed E-state index contributed by atoms with van der Waals surface area (Å²) in [4.78, 5) is 0. The minimum Gasteiger partial charge on any atom is -0.291 e. The topological polar surface area (TPSA) is 23.2 Å². The van der Waals surface area contributed by atoms with E-state index in [4.69, 9.17) is 5.21 Å². The van der Waals surface area contributed by atoms with Crippen LogP contribution in [0.1, 0.15) is 27.2 Å². The summed E-state index contributed by atoms with van der Waals surface area (Å²) < 4.78 is 0.993. The van der Waals surface area contributed by atoms with Crippen LogP contribution in [-0.2, 0) is 0 Å². The number of hydrogen-bond donors (Lipinski definition) is 1. The second-order valence-electron chi connectivity index (χ2n) is 2.57. The van der Waals surface area contributed by atoms with Crippen LogP contribution in [0.4, 0.5) is 0 Å². The van der Waals surface area contributed by atoms with Gasteiger partial charge in [-0.3, -0.25) is 5.21 Å². The van der Waals surface area contributed by atoms with Gasteiger partial charge in [0.2, 0.25) is 5.54 Å². The van der Waals surface area contributed by atoms with Gasteiger partial charge in [-0.05, 0) is 4.74 Å². The van der Waals surface area contributed by atoms with Crippen molar-refractivity contribution in [1.82, 2.24) is 0 Å². The summed E-state index contributed by atoms with van der Waals surface area (Å²) in [5, 5.41) is 8.80. The summed E-state index contributed by atoms with van der Waals surface area (Å²) in [5.41, 5.74) is -0.181. The molecule has 0 saturated heterocycles. The van der Waals surface area contributed by atoms with Crippen molar-refractivity contribution in [2.24, 2.45) is 0 Å². The third-order valence-corrected chi connectivity index (χ3v) is 1.56. The fraction of sp³-hybridized carbons (Fsp3) is 0.833. The first-order valence-electron chi connectivity index (χ1n) is 2.80. The van der Waals surface area contributed by atoms with Crippen LogP contribution in [0.25, 0.3) is 0 Å². The SMILES string of the molecule is C=[N+](O)C(C)(C)CC. The van der Waals surface area contributed by atoms with Crippen LogP contribution >= 0.6 is 0 Å². The quantitative estimate of drug-likeness (QED) is 0.250. The molecule has 1 N–H and O–H groups in total. The van der Waals surface area contributed by atoms with Gasteiger partial charge in [-0.2, -0.15) is 0 Å². The van der Waals surface area contributed by atoms with Gasteiger partial charge in [0, 0.05) is 20.3 Å². The fourth-order valence-electron chi connectivity index (χ4n) is 0.183. The highest BCUT2D eigenvalue weighted by atomic mass is 16.5. The summed E-state index contributed by atoms with van der Waals surface area (Å²) >= 11 is 0. The van der Waals surface area contributed by atoms with E-state index in [0.717, 1.165) is 11.2 Å². The highest BCUT2D eigenvalue weighted by Crippen LogP contribution is 2.09. The lowest BCUT2D eigenvalue weighted by atomic mass is 10.0. The normalized spacial score (nSPS) is 11.4. The summed E-state index contributed by atoms with van der Waals surface area (Å²) in [6.45, 7) is 9.24. The Balaban J connectivity index is 3.91. The second kappa shape index (κ2) is 2.16. The van der Waals surface area contributed by atoms with Crippen LogP contribution in [0.2, 0.25) is 0 Å². The maximum Gasteiger partial charge on any atom is 0.204 e. The Hall–Kier alpha value is -0.530. The van der Waals surface area contributed by atoms with Crippen molar-refractivity contribution in [2.45, 2.75) is 32.7 Å². The lowest BCUT2D eigenvalue weighted by Gasteiger charge is -2.11. The monoisotopic (exact) mass is 116 g/mol. The highest BCUT2D eigenvalue weighted by Gasteiger charge is 2.26. The van der Waals surface area contributed by atoms with Crippen molar-refractivity contribution in [1.29, 1.82) is 0 Å². The predicted octanol–water partition coefficient (Wildman–Crippen LogP) is 1.28. The number of hydroxylamine groups is 1. The molecule has 8 heavy (non-hydrogen) atoms. The molecule has 0 unspecified atom stereocenters. The van der Waals surface area contributed by atoms with Gasteiger partial charge >= 0.3 is 0 Å². The molecule has 0 spiro atoms. The van der Waals surface area contributed by atoms with E-state index in [0.29, 0.717) is 0 Å². The maximum absolute atomic E-state index is 8.80. The molecule has 0 bridgehead atoms. The molecule has 0 aliphatic rings. The zero-order chi connectivity index (χ0) is 6.78. The van der Waals surface area contributed by atoms with Crippen LogP contribution < -0.4 is 0 Å². The fourth-order valence-corrected chi connectivity index (χ4v) is 0.183. The van der Waals surface area contributed by atoms with E-state index in [1.54, 1.807) is 0 Å². The second-order valence-corrected chi connectivity index (χ2v) is 2.57. The molecule has 0 amide bonds. The van der Waals surface area contributed by atoms with E-state index in [1.165, 1.54) is 0 Å². The molecule has 0 radical (unpaired) electrons. The Morgan fingerprint density at radius 3 is 2.00 bits per heavy atom. The van der Waals surface area contributed by atoms with E-state index >= 15 is 0 Å². The molecule has 2 heteroatoms. The summed E-state index contributed by atoms with van der Waals surface area (Å²) in [7, 11) is 0. The first-order valence-corrected chi connectivity index (χ1v) is 2.80. The van der Waals surface area contributed by atoms with Gasteiger partial charge in [0.25, 0.3) is 0 Å². The van der Waals surface area contributed by atoms with E-state index < -0.39 is 0 Å². The average molecular weight is 116 g/mol. The number of nitrogens with zero attached hydrogens (tertiary/aromatic N) is 1. The summed E-state index contributed by atoms with van der Waals surface area (Å²) in [6, 6.07) is 0. The van der Waals surface area contributed by atoms with Crippen LogP contribution in [0, 0.1) is 0 Å². The van der Waals surface area contributed by atoms with Crippen LogP contribution in [0.3, 0.4) is 0 Å². The smallest absolute Gasteiger partial charge is 0.204 e. The molecule has 0 aliphatic heterocycles. The molecular formula is C6H14NO+. The minimum atomic E-state index is -0.181. The molecule has 2 nitrogen and oxygen atoms in total. The first kappa shape index (κ1) is 7.47. The van der Waals surface area contributed by atoms with Gasteiger partial charge < -0.3 is 0 Å². The van der Waals surface area contributed by atoms with Gasteiger partial charge in [-0.1, -0.05) is 6.92 Å². The first-order chi connectivity index (χ1) is 3.50. The zero-order valence-corrected chi connectivity index (χ0v) is 5.81. The molecule has 0 aromatic heterocycles. The molecule has 0 heterocycles. The predicted molar refractivity (Wildman–Crippen MR) is 33.5 cm³/mol. The standard InChI is InChI=1S/C6H14NO/c1-5-6(2,3)7(4)8/h8H,4-5H2,1-3H3/q+1. The molecule has 0 aromatic rings. The van der Waals surface area contributed by atoms with E-state index in [9.17, 15) is 0 Å². The molecule has 0 fully saturated rings. The minimum absolute atomic E-state index is 0.181. The maximum atomic E-state index is 8.80. The number of hydrogen-bond acceptors (Lipinski definition) is 1. The molecule has 0 aliphatic carbocycles. The van der Waals surface area contributed by atoms with Gasteiger partial charge in [-0.15, -0.1) is 0 Å². The Labute approximate surface area is 50.4 Å². The molecule has 48 valence electrons. The number of rotatable bonds is 2. The van der Waals surface area contributed by atoms with Crippen LogP contribution in [-0.4, -0.2) is 22.2 Å².